The summed E-state index contributed by atoms with van der Waals surface area (Å²) in [5, 5.41) is 12.3. The summed E-state index contributed by atoms with van der Waals surface area (Å²) in [7, 11) is 1.58. The van der Waals surface area contributed by atoms with E-state index in [9.17, 15) is 9.18 Å². The van der Waals surface area contributed by atoms with Crippen LogP contribution in [0.3, 0.4) is 0 Å². The van der Waals surface area contributed by atoms with Crippen LogP contribution in [-0.2, 0) is 19.7 Å². The van der Waals surface area contributed by atoms with Crippen LogP contribution >= 0.6 is 15.9 Å². The van der Waals surface area contributed by atoms with Gasteiger partial charge in [-0.2, -0.15) is 0 Å². The number of aromatic carboxylic acids is 1. The zero-order valence-corrected chi connectivity index (χ0v) is 19.0. The van der Waals surface area contributed by atoms with Crippen molar-refractivity contribution in [2.75, 3.05) is 7.11 Å². The van der Waals surface area contributed by atoms with Gasteiger partial charge in [0.15, 0.2) is 11.5 Å². The van der Waals surface area contributed by atoms with Gasteiger partial charge in [-0.15, -0.1) is 0 Å². The minimum Gasteiger partial charge on any atom is -1.00 e. The van der Waals surface area contributed by atoms with E-state index in [1.54, 1.807) is 43.5 Å². The Morgan fingerprint density at radius 2 is 1.61 bits per heavy atom. The molecule has 0 aromatic heterocycles. The first-order valence-corrected chi connectivity index (χ1v) is 10.0. The first-order valence-electron chi connectivity index (χ1n) is 9.23. The Hall–Kier alpha value is -2.61. The Bertz CT molecular complexity index is 1010. The van der Waals surface area contributed by atoms with Gasteiger partial charge in [0.25, 0.3) is 0 Å². The van der Waals surface area contributed by atoms with Crippen molar-refractivity contribution in [1.82, 2.24) is 5.32 Å². The number of hydrogen-bond donors (Lipinski definition) is 2. The van der Waals surface area contributed by atoms with E-state index in [0.717, 1.165) is 21.2 Å². The molecule has 31 heavy (non-hydrogen) atoms. The van der Waals surface area contributed by atoms with Crippen molar-refractivity contribution in [3.63, 3.8) is 0 Å². The van der Waals surface area contributed by atoms with Gasteiger partial charge in [0.05, 0.1) is 17.1 Å². The fourth-order valence-electron chi connectivity index (χ4n) is 2.87. The molecule has 0 aliphatic carbocycles. The number of nitrogens with one attached hydrogen (secondary N) is 1. The van der Waals surface area contributed by atoms with Gasteiger partial charge in [0.1, 0.15) is 12.4 Å². The summed E-state index contributed by atoms with van der Waals surface area (Å²) in [5.74, 6) is -0.0516. The van der Waals surface area contributed by atoms with Crippen LogP contribution < -0.4 is 27.2 Å². The van der Waals surface area contributed by atoms with Crippen molar-refractivity contribution in [3.8, 4) is 11.5 Å². The number of halogens is 3. The van der Waals surface area contributed by atoms with Crippen LogP contribution in [0.4, 0.5) is 4.39 Å². The van der Waals surface area contributed by atoms with Crippen molar-refractivity contribution >= 4 is 21.9 Å². The van der Waals surface area contributed by atoms with Gasteiger partial charge >= 0.3 is 5.97 Å². The molecule has 2 N–H and O–H groups in total. The van der Waals surface area contributed by atoms with Crippen LogP contribution in [0.2, 0.25) is 0 Å². The lowest BCUT2D eigenvalue weighted by Gasteiger charge is -2.15. The molecule has 0 saturated carbocycles. The van der Waals surface area contributed by atoms with Crippen LogP contribution in [0, 0.1) is 5.82 Å². The van der Waals surface area contributed by atoms with Crippen molar-refractivity contribution in [2.24, 2.45) is 0 Å². The van der Waals surface area contributed by atoms with Crippen molar-refractivity contribution in [2.45, 2.75) is 19.7 Å². The van der Waals surface area contributed by atoms with Crippen molar-refractivity contribution in [1.29, 1.82) is 0 Å². The van der Waals surface area contributed by atoms with Crippen molar-refractivity contribution < 1.29 is 36.2 Å². The lowest BCUT2D eigenvalue weighted by Crippen LogP contribution is -3.00. The molecule has 0 atom stereocenters. The van der Waals surface area contributed by atoms with E-state index in [1.807, 2.05) is 12.1 Å². The fraction of sp³-hybridized carbons (Fsp3) is 0.174. The van der Waals surface area contributed by atoms with Gasteiger partial charge in [-0.3, -0.25) is 0 Å². The number of rotatable bonds is 9. The molecule has 0 unspecified atom stereocenters. The molecule has 3 aromatic rings. The van der Waals surface area contributed by atoms with Crippen molar-refractivity contribution in [3.05, 3.63) is 93.2 Å². The van der Waals surface area contributed by atoms with Crippen LogP contribution in [0.25, 0.3) is 0 Å². The molecule has 0 spiro atoms. The standard InChI is InChI=1S/C23H21BrFNO4.ClH/c1-29-21-11-17(13-26-12-15-2-6-18(7-3-15)23(27)28)10-20(24)22(21)30-14-16-4-8-19(25)9-5-16;/h2-11,26H,12-14H2,1H3,(H,27,28);1H/p-1. The van der Waals surface area contributed by atoms with Gasteiger partial charge < -0.3 is 32.3 Å². The second kappa shape index (κ2) is 11.7. The predicted octanol–water partition coefficient (Wildman–Crippen LogP) is 2.17. The van der Waals surface area contributed by atoms with Gasteiger partial charge in [0.2, 0.25) is 0 Å². The Morgan fingerprint density at radius 3 is 2.23 bits per heavy atom. The minimum atomic E-state index is -0.937. The van der Waals surface area contributed by atoms with E-state index in [2.05, 4.69) is 21.2 Å². The SMILES string of the molecule is COc1cc(CNCc2ccc(C(=O)O)cc2)cc(Br)c1OCc1ccc(F)cc1.[Cl-]. The smallest absolute Gasteiger partial charge is 0.335 e. The molecule has 3 rings (SSSR count). The van der Waals surface area contributed by atoms with Crippen LogP contribution in [0.1, 0.15) is 27.0 Å². The number of ether oxygens (including phenoxy) is 2. The monoisotopic (exact) mass is 508 g/mol. The van der Waals surface area contributed by atoms with Gasteiger partial charge in [-0.1, -0.05) is 24.3 Å². The average molecular weight is 510 g/mol. The summed E-state index contributed by atoms with van der Waals surface area (Å²) in [6.45, 7) is 1.48. The van der Waals surface area contributed by atoms with Crippen LogP contribution in [0.15, 0.2) is 65.1 Å². The molecule has 0 radical (unpaired) electrons. The van der Waals surface area contributed by atoms with Gasteiger partial charge in [-0.25, -0.2) is 9.18 Å². The Labute approximate surface area is 194 Å². The number of methoxy groups -OCH3 is 1. The van der Waals surface area contributed by atoms with E-state index in [0.29, 0.717) is 31.2 Å². The first-order chi connectivity index (χ1) is 14.5. The maximum Gasteiger partial charge on any atom is 0.335 e. The second-order valence-electron chi connectivity index (χ2n) is 6.63. The van der Waals surface area contributed by atoms with E-state index in [1.165, 1.54) is 12.1 Å². The van der Waals surface area contributed by atoms with Crippen LogP contribution in [-0.4, -0.2) is 18.2 Å². The average Bonchev–Trinajstić information content (AvgIpc) is 2.74. The summed E-state index contributed by atoms with van der Waals surface area (Å²) >= 11 is 3.53. The molecule has 0 bridgehead atoms. The molecular weight excluding hydrogens is 489 g/mol. The van der Waals surface area contributed by atoms with E-state index >= 15 is 0 Å². The molecule has 0 aliphatic heterocycles. The highest BCUT2D eigenvalue weighted by molar-refractivity contribution is 9.10. The number of carboxylic acid groups (broad SMARTS) is 1. The summed E-state index contributed by atoms with van der Waals surface area (Å²) < 4.78 is 25.2. The third kappa shape index (κ3) is 6.95. The first kappa shape index (κ1) is 24.7. The quantitative estimate of drug-likeness (QED) is 0.463. The normalized spacial score (nSPS) is 10.3. The topological polar surface area (TPSA) is 67.8 Å². The molecular formula is C23H21BrClFNO4-. The second-order valence-corrected chi connectivity index (χ2v) is 7.48. The third-order valence-corrected chi connectivity index (χ3v) is 5.03. The Kier molecular flexibility index (Phi) is 9.30. The molecule has 5 nitrogen and oxygen atoms in total. The van der Waals surface area contributed by atoms with Crippen LogP contribution in [0.5, 0.6) is 11.5 Å². The van der Waals surface area contributed by atoms with Gasteiger partial charge in [-0.05, 0) is 69.0 Å². The summed E-state index contributed by atoms with van der Waals surface area (Å²) in [6.07, 6.45) is 0. The molecule has 0 heterocycles. The maximum atomic E-state index is 13.0. The van der Waals surface area contributed by atoms with E-state index in [4.69, 9.17) is 14.6 Å². The number of carboxylic acids is 1. The number of benzene rings is 3. The molecule has 0 saturated heterocycles. The Balaban J connectivity index is 0.00000341. The number of carbonyl (C=O) groups is 1. The lowest BCUT2D eigenvalue weighted by atomic mass is 10.1. The third-order valence-electron chi connectivity index (χ3n) is 4.44. The molecule has 164 valence electrons. The molecule has 0 fully saturated rings. The predicted molar refractivity (Wildman–Crippen MR) is 115 cm³/mol. The highest BCUT2D eigenvalue weighted by atomic mass is 79.9. The summed E-state index contributed by atoms with van der Waals surface area (Å²) in [6, 6.07) is 16.8. The fourth-order valence-corrected chi connectivity index (χ4v) is 3.47. The summed E-state index contributed by atoms with van der Waals surface area (Å²) in [4.78, 5) is 10.9. The zero-order chi connectivity index (χ0) is 21.5. The maximum absolute atomic E-state index is 13.0. The van der Waals surface area contributed by atoms with Gasteiger partial charge in [0, 0.05) is 13.1 Å². The van der Waals surface area contributed by atoms with E-state index in [-0.39, 0.29) is 23.8 Å². The Morgan fingerprint density at radius 1 is 1.00 bits per heavy atom. The summed E-state index contributed by atoms with van der Waals surface area (Å²) in [5.41, 5.74) is 3.11. The molecule has 8 heteroatoms. The minimum absolute atomic E-state index is 0. The number of hydrogen-bond acceptors (Lipinski definition) is 4. The lowest BCUT2D eigenvalue weighted by molar-refractivity contribution is -0.0000226. The highest BCUT2D eigenvalue weighted by Gasteiger charge is 2.12. The van der Waals surface area contributed by atoms with E-state index < -0.39 is 5.97 Å². The highest BCUT2D eigenvalue weighted by Crippen LogP contribution is 2.37. The largest absolute Gasteiger partial charge is 1.00 e. The molecule has 3 aromatic carbocycles. The molecule has 0 aliphatic rings. The molecule has 0 amide bonds. The zero-order valence-electron chi connectivity index (χ0n) is 16.7.